The van der Waals surface area contributed by atoms with Gasteiger partial charge >= 0.3 is 0 Å². The van der Waals surface area contributed by atoms with Crippen molar-refractivity contribution in [3.63, 3.8) is 0 Å². The minimum Gasteiger partial charge on any atom is -0.393 e. The Balaban J connectivity index is 2.19. The van der Waals surface area contributed by atoms with Crippen LogP contribution in [0, 0.1) is 0 Å². The minimum atomic E-state index is -0.462. The first-order valence-corrected chi connectivity index (χ1v) is 6.80. The first-order valence-electron chi connectivity index (χ1n) is 6.80. The number of rotatable bonds is 9. The summed E-state index contributed by atoms with van der Waals surface area (Å²) in [5.74, 6) is 0. The van der Waals surface area contributed by atoms with Crippen LogP contribution in [0.15, 0.2) is 0 Å². The Kier molecular flexibility index (Phi) is 7.77. The minimum absolute atomic E-state index is 0.273. The first-order chi connectivity index (χ1) is 8.63. The Hall–Kier alpha value is -0.200. The van der Waals surface area contributed by atoms with Gasteiger partial charge in [0.1, 0.15) is 0 Å². The van der Waals surface area contributed by atoms with Gasteiger partial charge in [0.05, 0.1) is 32.0 Å². The summed E-state index contributed by atoms with van der Waals surface area (Å²) in [5, 5.41) is 19.3. The van der Waals surface area contributed by atoms with Gasteiger partial charge in [0.25, 0.3) is 0 Å². The van der Waals surface area contributed by atoms with E-state index >= 15 is 0 Å². The first kappa shape index (κ1) is 15.9. The molecule has 0 spiro atoms. The molecule has 0 aromatic rings. The highest BCUT2D eigenvalue weighted by Crippen LogP contribution is 2.21. The molecule has 0 bridgehead atoms. The highest BCUT2D eigenvalue weighted by molar-refractivity contribution is 4.82. The summed E-state index contributed by atoms with van der Waals surface area (Å²) in [6, 6.07) is 0.402. The maximum absolute atomic E-state index is 9.89. The summed E-state index contributed by atoms with van der Waals surface area (Å²) in [5.41, 5.74) is 0. The van der Waals surface area contributed by atoms with Gasteiger partial charge in [0.15, 0.2) is 0 Å². The third-order valence-electron chi connectivity index (χ3n) is 3.30. The average molecular weight is 261 g/mol. The lowest BCUT2D eigenvalue weighted by Crippen LogP contribution is -2.39. The van der Waals surface area contributed by atoms with Crippen LogP contribution >= 0.6 is 0 Å². The SMILES string of the molecule is COCCOCC(O)CN1CCCC1CC(C)O. The van der Waals surface area contributed by atoms with Gasteiger partial charge in [-0.2, -0.15) is 0 Å². The molecule has 108 valence electrons. The van der Waals surface area contributed by atoms with E-state index in [1.54, 1.807) is 7.11 Å². The summed E-state index contributed by atoms with van der Waals surface area (Å²) in [7, 11) is 1.63. The number of aliphatic hydroxyl groups is 2. The van der Waals surface area contributed by atoms with E-state index in [0.29, 0.717) is 32.4 Å². The van der Waals surface area contributed by atoms with Crippen molar-refractivity contribution in [3.8, 4) is 0 Å². The third-order valence-corrected chi connectivity index (χ3v) is 3.30. The quantitative estimate of drug-likeness (QED) is 0.582. The highest BCUT2D eigenvalue weighted by atomic mass is 16.5. The Morgan fingerprint density at radius 2 is 2.11 bits per heavy atom. The molecule has 0 aromatic heterocycles. The monoisotopic (exact) mass is 261 g/mol. The van der Waals surface area contributed by atoms with Gasteiger partial charge in [0, 0.05) is 19.7 Å². The van der Waals surface area contributed by atoms with Gasteiger partial charge in [-0.3, -0.25) is 4.90 Å². The van der Waals surface area contributed by atoms with Crippen molar-refractivity contribution in [3.05, 3.63) is 0 Å². The van der Waals surface area contributed by atoms with E-state index < -0.39 is 6.10 Å². The Morgan fingerprint density at radius 1 is 1.33 bits per heavy atom. The van der Waals surface area contributed by atoms with Crippen LogP contribution in [0.3, 0.4) is 0 Å². The molecule has 1 aliphatic heterocycles. The molecule has 5 nitrogen and oxygen atoms in total. The van der Waals surface area contributed by atoms with Crippen LogP contribution in [0.1, 0.15) is 26.2 Å². The number of hydrogen-bond acceptors (Lipinski definition) is 5. The molecule has 2 N–H and O–H groups in total. The number of ether oxygens (including phenoxy) is 2. The molecule has 0 amide bonds. The van der Waals surface area contributed by atoms with Crippen LogP contribution in [0.25, 0.3) is 0 Å². The number of likely N-dealkylation sites (tertiary alicyclic amines) is 1. The van der Waals surface area contributed by atoms with Crippen LogP contribution in [0.4, 0.5) is 0 Å². The van der Waals surface area contributed by atoms with Crippen LogP contribution < -0.4 is 0 Å². The zero-order chi connectivity index (χ0) is 13.4. The van der Waals surface area contributed by atoms with E-state index in [0.717, 1.165) is 25.8 Å². The molecule has 0 radical (unpaired) electrons. The van der Waals surface area contributed by atoms with Gasteiger partial charge in [-0.15, -0.1) is 0 Å². The lowest BCUT2D eigenvalue weighted by Gasteiger charge is -2.27. The molecule has 0 aromatic carbocycles. The van der Waals surface area contributed by atoms with Gasteiger partial charge in [-0.1, -0.05) is 0 Å². The van der Waals surface area contributed by atoms with E-state index in [4.69, 9.17) is 9.47 Å². The number of hydrogen-bond donors (Lipinski definition) is 2. The predicted octanol–water partition coefficient (Wildman–Crippen LogP) is 0.246. The number of methoxy groups -OCH3 is 1. The van der Waals surface area contributed by atoms with Crippen molar-refractivity contribution in [2.75, 3.05) is 40.0 Å². The standard InChI is InChI=1S/C13H27NO4/c1-11(15)8-12-4-3-5-14(12)9-13(16)10-18-7-6-17-2/h11-13,15-16H,3-10H2,1-2H3. The molecular formula is C13H27NO4. The van der Waals surface area contributed by atoms with Gasteiger partial charge in [-0.05, 0) is 32.7 Å². The number of aliphatic hydroxyl groups excluding tert-OH is 2. The van der Waals surface area contributed by atoms with E-state index in [1.807, 2.05) is 6.92 Å². The normalized spacial score (nSPS) is 24.3. The molecule has 1 saturated heterocycles. The molecule has 1 rings (SSSR count). The third kappa shape index (κ3) is 6.11. The van der Waals surface area contributed by atoms with Crippen molar-refractivity contribution in [2.45, 2.75) is 44.4 Å². The van der Waals surface area contributed by atoms with Crippen molar-refractivity contribution >= 4 is 0 Å². The van der Waals surface area contributed by atoms with Crippen molar-refractivity contribution in [2.24, 2.45) is 0 Å². The maximum atomic E-state index is 9.89. The van der Waals surface area contributed by atoms with Gasteiger partial charge in [-0.25, -0.2) is 0 Å². The van der Waals surface area contributed by atoms with Crippen LogP contribution in [-0.4, -0.2) is 73.4 Å². The fraction of sp³-hybridized carbons (Fsp3) is 1.00. The fourth-order valence-electron chi connectivity index (χ4n) is 2.48. The predicted molar refractivity (Wildman–Crippen MR) is 69.6 cm³/mol. The smallest absolute Gasteiger partial charge is 0.0900 e. The molecule has 1 heterocycles. The fourth-order valence-corrected chi connectivity index (χ4v) is 2.48. The Bertz CT molecular complexity index is 213. The number of β-amino-alcohol motifs (C(OH)–C–C–N with tert-alkyl or cyclic N) is 1. The van der Waals surface area contributed by atoms with Crippen molar-refractivity contribution < 1.29 is 19.7 Å². The molecule has 0 saturated carbocycles. The molecule has 3 atom stereocenters. The molecule has 1 aliphatic rings. The second-order valence-corrected chi connectivity index (χ2v) is 5.10. The van der Waals surface area contributed by atoms with Gasteiger partial charge in [0.2, 0.25) is 0 Å². The van der Waals surface area contributed by atoms with Gasteiger partial charge < -0.3 is 19.7 Å². The number of nitrogens with zero attached hydrogens (tertiary/aromatic N) is 1. The highest BCUT2D eigenvalue weighted by Gasteiger charge is 2.27. The van der Waals surface area contributed by atoms with Crippen molar-refractivity contribution in [1.82, 2.24) is 4.90 Å². The Morgan fingerprint density at radius 3 is 2.78 bits per heavy atom. The topological polar surface area (TPSA) is 62.2 Å². The van der Waals surface area contributed by atoms with E-state index in [-0.39, 0.29) is 6.10 Å². The molecular weight excluding hydrogens is 234 g/mol. The van der Waals surface area contributed by atoms with E-state index in [2.05, 4.69) is 4.90 Å². The molecule has 18 heavy (non-hydrogen) atoms. The summed E-state index contributed by atoms with van der Waals surface area (Å²) < 4.78 is 10.2. The molecule has 0 aliphatic carbocycles. The Labute approximate surface area is 110 Å². The van der Waals surface area contributed by atoms with Crippen LogP contribution in [-0.2, 0) is 9.47 Å². The molecule has 5 heteroatoms. The summed E-state index contributed by atoms with van der Waals surface area (Å²) in [6.45, 7) is 4.88. The van der Waals surface area contributed by atoms with E-state index in [1.165, 1.54) is 0 Å². The second kappa shape index (κ2) is 8.82. The summed E-state index contributed by atoms with van der Waals surface area (Å²) in [6.07, 6.45) is 2.32. The van der Waals surface area contributed by atoms with Crippen LogP contribution in [0.2, 0.25) is 0 Å². The largest absolute Gasteiger partial charge is 0.393 e. The zero-order valence-electron chi connectivity index (χ0n) is 11.5. The van der Waals surface area contributed by atoms with E-state index in [9.17, 15) is 10.2 Å². The lowest BCUT2D eigenvalue weighted by atomic mass is 10.1. The molecule has 1 fully saturated rings. The molecule has 3 unspecified atom stereocenters. The average Bonchev–Trinajstić information content (AvgIpc) is 2.71. The maximum Gasteiger partial charge on any atom is 0.0900 e. The summed E-state index contributed by atoms with van der Waals surface area (Å²) in [4.78, 5) is 2.26. The summed E-state index contributed by atoms with van der Waals surface area (Å²) >= 11 is 0. The van der Waals surface area contributed by atoms with Crippen LogP contribution in [0.5, 0.6) is 0 Å². The second-order valence-electron chi connectivity index (χ2n) is 5.10. The zero-order valence-corrected chi connectivity index (χ0v) is 11.5. The van der Waals surface area contributed by atoms with Crippen molar-refractivity contribution in [1.29, 1.82) is 0 Å². The lowest BCUT2D eigenvalue weighted by molar-refractivity contribution is -0.00444.